The topological polar surface area (TPSA) is 111 Å². The number of benzene rings is 3. The molecule has 0 atom stereocenters. The van der Waals surface area contributed by atoms with Crippen molar-refractivity contribution in [1.29, 1.82) is 0 Å². The highest BCUT2D eigenvalue weighted by Crippen LogP contribution is 2.35. The Kier molecular flexibility index (Phi) is 5.74. The molecule has 0 unspecified atom stereocenters. The van der Waals surface area contributed by atoms with E-state index >= 15 is 0 Å². The van der Waals surface area contributed by atoms with E-state index in [1.54, 1.807) is 12.1 Å². The molecular formula is C25H23N3O5S. The Morgan fingerprint density at radius 1 is 1.00 bits per heavy atom. The van der Waals surface area contributed by atoms with Crippen LogP contribution in [0.1, 0.15) is 34.1 Å². The van der Waals surface area contributed by atoms with Gasteiger partial charge in [0.1, 0.15) is 0 Å². The van der Waals surface area contributed by atoms with Gasteiger partial charge in [0.15, 0.2) is 5.78 Å². The zero-order chi connectivity index (χ0) is 24.8. The molecule has 0 amide bonds. The predicted molar refractivity (Wildman–Crippen MR) is 131 cm³/mol. The second-order valence-corrected chi connectivity index (χ2v) is 9.92. The molecule has 1 N–H and O–H groups in total. The first-order chi connectivity index (χ1) is 16.0. The predicted octanol–water partition coefficient (Wildman–Crippen LogP) is 5.47. The van der Waals surface area contributed by atoms with Crippen molar-refractivity contribution in [1.82, 2.24) is 4.57 Å². The number of non-ortho nitro benzene ring substituents is 1. The van der Waals surface area contributed by atoms with E-state index < -0.39 is 14.9 Å². The van der Waals surface area contributed by atoms with Gasteiger partial charge < -0.3 is 4.57 Å². The minimum Gasteiger partial charge on any atom is -0.313 e. The summed E-state index contributed by atoms with van der Waals surface area (Å²) in [5.74, 6) is -0.133. The van der Waals surface area contributed by atoms with Crippen LogP contribution < -0.4 is 4.72 Å². The number of rotatable bonds is 6. The van der Waals surface area contributed by atoms with Crippen LogP contribution >= 0.6 is 0 Å². The van der Waals surface area contributed by atoms with Gasteiger partial charge >= 0.3 is 0 Å². The summed E-state index contributed by atoms with van der Waals surface area (Å²) in [5, 5.41) is 11.7. The Morgan fingerprint density at radius 3 is 2.29 bits per heavy atom. The van der Waals surface area contributed by atoms with Crippen molar-refractivity contribution in [2.45, 2.75) is 32.6 Å². The van der Waals surface area contributed by atoms with Crippen molar-refractivity contribution < 1.29 is 18.1 Å². The van der Waals surface area contributed by atoms with Gasteiger partial charge in [-0.25, -0.2) is 8.42 Å². The van der Waals surface area contributed by atoms with Crippen molar-refractivity contribution in [3.05, 3.63) is 93.2 Å². The van der Waals surface area contributed by atoms with E-state index in [9.17, 15) is 23.3 Å². The Morgan fingerprint density at radius 2 is 1.68 bits per heavy atom. The number of aromatic nitrogens is 1. The first-order valence-electron chi connectivity index (χ1n) is 10.5. The molecule has 3 aromatic carbocycles. The highest BCUT2D eigenvalue weighted by Gasteiger charge is 2.23. The molecule has 0 bridgehead atoms. The summed E-state index contributed by atoms with van der Waals surface area (Å²) in [5.41, 5.74) is 4.80. The number of sulfonamides is 1. The maximum absolute atomic E-state index is 13.0. The number of Topliss-reactive ketones (excluding diaryl/α,β-unsaturated/α-hetero) is 1. The van der Waals surface area contributed by atoms with Crippen molar-refractivity contribution in [3.8, 4) is 5.69 Å². The summed E-state index contributed by atoms with van der Waals surface area (Å²) in [4.78, 5) is 22.8. The summed E-state index contributed by atoms with van der Waals surface area (Å²) in [6.07, 6.45) is 0. The summed E-state index contributed by atoms with van der Waals surface area (Å²) >= 11 is 0. The third-order valence-electron chi connectivity index (χ3n) is 5.73. The minimum absolute atomic E-state index is 0.133. The van der Waals surface area contributed by atoms with E-state index in [4.69, 9.17) is 0 Å². The first kappa shape index (κ1) is 23.2. The second-order valence-electron chi connectivity index (χ2n) is 8.24. The maximum atomic E-state index is 13.0. The van der Waals surface area contributed by atoms with Gasteiger partial charge in [-0.15, -0.1) is 0 Å². The SMILES string of the molecule is CC(=O)c1c(C)n(-c2ccc(C)cc2)c2c(C)cc(NS(=O)(=O)c3cccc([N+](=O)[O-])c3)cc12. The van der Waals surface area contributed by atoms with Crippen LogP contribution in [0.3, 0.4) is 0 Å². The highest BCUT2D eigenvalue weighted by molar-refractivity contribution is 7.92. The lowest BCUT2D eigenvalue weighted by molar-refractivity contribution is -0.385. The van der Waals surface area contributed by atoms with Gasteiger partial charge in [-0.05, 0) is 63.6 Å². The third-order valence-corrected chi connectivity index (χ3v) is 7.10. The molecule has 1 heterocycles. The van der Waals surface area contributed by atoms with Crippen LogP contribution in [-0.2, 0) is 10.0 Å². The standard InChI is InChI=1S/C25H23N3O5S/c1-15-8-10-20(11-9-15)27-17(3)24(18(4)29)23-13-19(12-16(2)25(23)27)26-34(32,33)22-7-5-6-21(14-22)28(30)31/h5-14,26H,1-4H3. The molecule has 8 nitrogen and oxygen atoms in total. The van der Waals surface area contributed by atoms with Gasteiger partial charge in [-0.1, -0.05) is 23.8 Å². The second kappa shape index (κ2) is 8.42. The molecule has 0 radical (unpaired) electrons. The van der Waals surface area contributed by atoms with Crippen LogP contribution in [0.5, 0.6) is 0 Å². The lowest BCUT2D eigenvalue weighted by Crippen LogP contribution is -2.13. The zero-order valence-electron chi connectivity index (χ0n) is 19.1. The van der Waals surface area contributed by atoms with E-state index in [0.717, 1.165) is 34.1 Å². The zero-order valence-corrected chi connectivity index (χ0v) is 19.9. The first-order valence-corrected chi connectivity index (χ1v) is 12.0. The van der Waals surface area contributed by atoms with Crippen molar-refractivity contribution in [3.63, 3.8) is 0 Å². The molecule has 174 valence electrons. The van der Waals surface area contributed by atoms with Crippen LogP contribution in [0.4, 0.5) is 11.4 Å². The molecule has 1 aromatic heterocycles. The monoisotopic (exact) mass is 477 g/mol. The number of hydrogen-bond donors (Lipinski definition) is 1. The fraction of sp³-hybridized carbons (Fsp3) is 0.160. The normalized spacial score (nSPS) is 11.5. The quantitative estimate of drug-likeness (QED) is 0.225. The highest BCUT2D eigenvalue weighted by atomic mass is 32.2. The number of hydrogen-bond acceptors (Lipinski definition) is 5. The third kappa shape index (κ3) is 4.06. The average Bonchev–Trinajstić information content (AvgIpc) is 3.06. The van der Waals surface area contributed by atoms with Gasteiger partial charge in [-0.2, -0.15) is 0 Å². The number of aryl methyl sites for hydroxylation is 2. The molecule has 0 fully saturated rings. The van der Waals surface area contributed by atoms with Crippen LogP contribution in [0.2, 0.25) is 0 Å². The van der Waals surface area contributed by atoms with Crippen LogP contribution in [0.25, 0.3) is 16.6 Å². The number of anilines is 1. The Labute approximate surface area is 197 Å². The van der Waals surface area contributed by atoms with Crippen molar-refractivity contribution in [2.75, 3.05) is 4.72 Å². The Bertz CT molecular complexity index is 1570. The Balaban J connectivity index is 1.88. The van der Waals surface area contributed by atoms with E-state index in [0.29, 0.717) is 10.9 Å². The number of fused-ring (bicyclic) bond motifs is 1. The summed E-state index contributed by atoms with van der Waals surface area (Å²) < 4.78 is 30.4. The number of carbonyl (C=O) groups is 1. The number of carbonyl (C=O) groups excluding carboxylic acids is 1. The molecule has 0 saturated carbocycles. The molecule has 0 spiro atoms. The molecule has 4 aromatic rings. The van der Waals surface area contributed by atoms with Gasteiger partial charge in [0.05, 0.1) is 15.3 Å². The van der Waals surface area contributed by atoms with E-state index in [1.165, 1.54) is 25.1 Å². The molecule has 0 aliphatic carbocycles. The molecule has 34 heavy (non-hydrogen) atoms. The smallest absolute Gasteiger partial charge is 0.270 e. The molecule has 9 heteroatoms. The molecular weight excluding hydrogens is 454 g/mol. The Hall–Kier alpha value is -3.98. The van der Waals surface area contributed by atoms with Crippen LogP contribution in [0.15, 0.2) is 65.6 Å². The number of nitro benzene ring substituents is 1. The van der Waals surface area contributed by atoms with Crippen molar-refractivity contribution >= 4 is 38.1 Å². The lowest BCUT2D eigenvalue weighted by atomic mass is 10.0. The minimum atomic E-state index is -4.09. The van der Waals surface area contributed by atoms with Crippen LogP contribution in [-0.4, -0.2) is 23.7 Å². The van der Waals surface area contributed by atoms with Gasteiger partial charge in [0.2, 0.25) is 0 Å². The fourth-order valence-electron chi connectivity index (χ4n) is 4.24. The number of nitrogens with one attached hydrogen (secondary N) is 1. The van der Waals surface area contributed by atoms with Gasteiger partial charge in [-0.3, -0.25) is 19.6 Å². The molecule has 4 rings (SSSR count). The summed E-state index contributed by atoms with van der Waals surface area (Å²) in [6, 6.07) is 16.1. The van der Waals surface area contributed by atoms with Gasteiger partial charge in [0, 0.05) is 40.2 Å². The van der Waals surface area contributed by atoms with Gasteiger partial charge in [0.25, 0.3) is 15.7 Å². The van der Waals surface area contributed by atoms with Crippen molar-refractivity contribution in [2.24, 2.45) is 0 Å². The average molecular weight is 478 g/mol. The molecule has 0 aliphatic heterocycles. The largest absolute Gasteiger partial charge is 0.313 e. The summed E-state index contributed by atoms with van der Waals surface area (Å²) in [6.45, 7) is 7.19. The van der Waals surface area contributed by atoms with Crippen LogP contribution in [0, 0.1) is 30.9 Å². The van der Waals surface area contributed by atoms with E-state index in [2.05, 4.69) is 4.72 Å². The maximum Gasteiger partial charge on any atom is 0.270 e. The number of nitrogens with zero attached hydrogens (tertiary/aromatic N) is 2. The lowest BCUT2D eigenvalue weighted by Gasteiger charge is -2.13. The fourth-order valence-corrected chi connectivity index (χ4v) is 5.32. The number of nitro groups is 1. The molecule has 0 aliphatic rings. The number of ketones is 1. The summed E-state index contributed by atoms with van der Waals surface area (Å²) in [7, 11) is -4.09. The van der Waals surface area contributed by atoms with E-state index in [-0.39, 0.29) is 22.1 Å². The molecule has 0 saturated heterocycles. The van der Waals surface area contributed by atoms with E-state index in [1.807, 2.05) is 49.6 Å².